The van der Waals surface area contributed by atoms with E-state index in [0.29, 0.717) is 0 Å². The Hall–Kier alpha value is -2.13. The van der Waals surface area contributed by atoms with Crippen molar-refractivity contribution in [2.75, 3.05) is 25.0 Å². The Morgan fingerprint density at radius 3 is 2.11 bits per heavy atom. The van der Waals surface area contributed by atoms with Crippen LogP contribution >= 0.6 is 0 Å². The first kappa shape index (κ1) is 22.2. The van der Waals surface area contributed by atoms with Gasteiger partial charge in [0.05, 0.1) is 5.92 Å². The number of benzene rings is 2. The van der Waals surface area contributed by atoms with Gasteiger partial charge in [-0.3, -0.25) is 4.79 Å². The second-order valence-electron chi connectivity index (χ2n) is 7.50. The SMILES string of the molecule is CCCN(CCC)CCC1C(=O)Nc2ccccc21.CCCc1ccccc1. The molecule has 0 bridgehead atoms. The summed E-state index contributed by atoms with van der Waals surface area (Å²) in [7, 11) is 0. The molecule has 0 fully saturated rings. The minimum absolute atomic E-state index is 0.0346. The maximum atomic E-state index is 12.0. The Bertz CT molecular complexity index is 693. The molecule has 0 aliphatic carbocycles. The Morgan fingerprint density at radius 1 is 0.821 bits per heavy atom. The predicted octanol–water partition coefficient (Wildman–Crippen LogP) is 5.87. The molecule has 2 aromatic rings. The highest BCUT2D eigenvalue weighted by molar-refractivity contribution is 6.02. The minimum atomic E-state index is 0.0346. The summed E-state index contributed by atoms with van der Waals surface area (Å²) in [6, 6.07) is 18.6. The van der Waals surface area contributed by atoms with E-state index >= 15 is 0 Å². The largest absolute Gasteiger partial charge is 0.325 e. The number of aryl methyl sites for hydroxylation is 1. The van der Waals surface area contributed by atoms with Crippen molar-refractivity contribution in [1.82, 2.24) is 4.90 Å². The first-order valence-electron chi connectivity index (χ1n) is 10.9. The molecule has 1 heterocycles. The average molecular weight is 381 g/mol. The van der Waals surface area contributed by atoms with Crippen LogP contribution in [0.1, 0.15) is 63.5 Å². The topological polar surface area (TPSA) is 32.3 Å². The van der Waals surface area contributed by atoms with Crippen LogP contribution in [0.25, 0.3) is 0 Å². The Balaban J connectivity index is 0.000000261. The van der Waals surface area contributed by atoms with Crippen molar-refractivity contribution in [3.63, 3.8) is 0 Å². The molecule has 0 saturated heterocycles. The molecule has 0 aromatic heterocycles. The zero-order chi connectivity index (χ0) is 20.2. The van der Waals surface area contributed by atoms with E-state index in [1.54, 1.807) is 0 Å². The predicted molar refractivity (Wildman–Crippen MR) is 120 cm³/mol. The van der Waals surface area contributed by atoms with Crippen LogP contribution in [-0.4, -0.2) is 30.4 Å². The molecule has 0 saturated carbocycles. The van der Waals surface area contributed by atoms with Crippen LogP contribution < -0.4 is 5.32 Å². The number of rotatable bonds is 9. The molecule has 1 amide bonds. The molecule has 0 radical (unpaired) electrons. The van der Waals surface area contributed by atoms with Gasteiger partial charge >= 0.3 is 0 Å². The number of hydrogen-bond donors (Lipinski definition) is 1. The summed E-state index contributed by atoms with van der Waals surface area (Å²) < 4.78 is 0. The molecule has 152 valence electrons. The van der Waals surface area contributed by atoms with Gasteiger partial charge in [0.2, 0.25) is 5.91 Å². The van der Waals surface area contributed by atoms with Gasteiger partial charge in [0, 0.05) is 5.69 Å². The van der Waals surface area contributed by atoms with E-state index in [1.165, 1.54) is 36.8 Å². The van der Waals surface area contributed by atoms with Gasteiger partial charge in [-0.2, -0.15) is 0 Å². The fraction of sp³-hybridized carbons (Fsp3) is 0.480. The van der Waals surface area contributed by atoms with Crippen molar-refractivity contribution in [2.24, 2.45) is 0 Å². The van der Waals surface area contributed by atoms with E-state index in [2.05, 4.69) is 67.4 Å². The second kappa shape index (κ2) is 12.4. The number of anilines is 1. The van der Waals surface area contributed by atoms with Crippen LogP contribution in [0.3, 0.4) is 0 Å². The van der Waals surface area contributed by atoms with Crippen molar-refractivity contribution in [3.8, 4) is 0 Å². The summed E-state index contributed by atoms with van der Waals surface area (Å²) in [6.45, 7) is 9.88. The van der Waals surface area contributed by atoms with E-state index in [-0.39, 0.29) is 11.8 Å². The van der Waals surface area contributed by atoms with Gasteiger partial charge in [0.25, 0.3) is 0 Å². The number of carbonyl (C=O) groups is 1. The number of hydrogen-bond acceptors (Lipinski definition) is 2. The summed E-state index contributed by atoms with van der Waals surface area (Å²) in [5.41, 5.74) is 3.61. The van der Waals surface area contributed by atoms with Gasteiger partial charge in [0.1, 0.15) is 0 Å². The molecular weight excluding hydrogens is 344 g/mol. The molecule has 2 aromatic carbocycles. The molecule has 1 atom stereocenters. The zero-order valence-corrected chi connectivity index (χ0v) is 17.8. The molecule has 0 spiro atoms. The second-order valence-corrected chi connectivity index (χ2v) is 7.50. The van der Waals surface area contributed by atoms with E-state index in [9.17, 15) is 4.79 Å². The van der Waals surface area contributed by atoms with Crippen LogP contribution in [0.5, 0.6) is 0 Å². The number of para-hydroxylation sites is 1. The normalized spacial score (nSPS) is 15.0. The van der Waals surface area contributed by atoms with E-state index in [1.807, 2.05) is 18.2 Å². The van der Waals surface area contributed by atoms with E-state index < -0.39 is 0 Å². The Morgan fingerprint density at radius 2 is 1.46 bits per heavy atom. The summed E-state index contributed by atoms with van der Waals surface area (Å²) >= 11 is 0. The van der Waals surface area contributed by atoms with Crippen LogP contribution in [0.4, 0.5) is 5.69 Å². The average Bonchev–Trinajstić information content (AvgIpc) is 3.03. The highest BCUT2D eigenvalue weighted by Gasteiger charge is 2.29. The molecule has 3 heteroatoms. The Kier molecular flexibility index (Phi) is 9.78. The van der Waals surface area contributed by atoms with Gasteiger partial charge in [0.15, 0.2) is 0 Å². The van der Waals surface area contributed by atoms with Gasteiger partial charge in [-0.05, 0) is 62.5 Å². The Labute approximate surface area is 171 Å². The molecule has 3 nitrogen and oxygen atoms in total. The van der Waals surface area contributed by atoms with Crippen molar-refractivity contribution in [2.45, 2.75) is 58.8 Å². The maximum absolute atomic E-state index is 12.0. The monoisotopic (exact) mass is 380 g/mol. The third kappa shape index (κ3) is 6.79. The summed E-state index contributed by atoms with van der Waals surface area (Å²) in [4.78, 5) is 14.5. The molecule has 1 unspecified atom stereocenters. The van der Waals surface area contributed by atoms with Gasteiger partial charge in [-0.15, -0.1) is 0 Å². The first-order chi connectivity index (χ1) is 13.7. The van der Waals surface area contributed by atoms with Crippen molar-refractivity contribution < 1.29 is 4.79 Å². The highest BCUT2D eigenvalue weighted by Crippen LogP contribution is 2.34. The lowest BCUT2D eigenvalue weighted by Crippen LogP contribution is -2.28. The molecule has 1 aliphatic rings. The quantitative estimate of drug-likeness (QED) is 0.590. The summed E-state index contributed by atoms with van der Waals surface area (Å²) in [5, 5.41) is 2.98. The van der Waals surface area contributed by atoms with Crippen molar-refractivity contribution in [1.29, 1.82) is 0 Å². The maximum Gasteiger partial charge on any atom is 0.232 e. The molecule has 1 N–H and O–H groups in total. The standard InChI is InChI=1S/C16H24N2O.C9H12/c1-3-10-18(11-4-2)12-9-14-13-7-5-6-8-15(13)17-16(14)19;1-2-6-9-7-4-3-5-8-9/h5-8,14H,3-4,9-12H2,1-2H3,(H,17,19);3-5,7-8H,2,6H2,1H3. The smallest absolute Gasteiger partial charge is 0.232 e. The number of nitrogens with zero attached hydrogens (tertiary/aromatic N) is 1. The van der Waals surface area contributed by atoms with Gasteiger partial charge in [-0.25, -0.2) is 0 Å². The highest BCUT2D eigenvalue weighted by atomic mass is 16.2. The van der Waals surface area contributed by atoms with Gasteiger partial charge in [-0.1, -0.05) is 75.7 Å². The van der Waals surface area contributed by atoms with E-state index in [0.717, 1.165) is 31.7 Å². The molecule has 1 aliphatic heterocycles. The number of fused-ring (bicyclic) bond motifs is 1. The van der Waals surface area contributed by atoms with Crippen LogP contribution in [-0.2, 0) is 11.2 Å². The molecular formula is C25H36N2O. The number of amides is 1. The summed E-state index contributed by atoms with van der Waals surface area (Å²) in [5.74, 6) is 0.196. The summed E-state index contributed by atoms with van der Waals surface area (Å²) in [6.07, 6.45) is 5.72. The van der Waals surface area contributed by atoms with Crippen LogP contribution in [0.15, 0.2) is 54.6 Å². The lowest BCUT2D eigenvalue weighted by molar-refractivity contribution is -0.117. The van der Waals surface area contributed by atoms with Gasteiger partial charge < -0.3 is 10.2 Å². The van der Waals surface area contributed by atoms with E-state index in [4.69, 9.17) is 0 Å². The minimum Gasteiger partial charge on any atom is -0.325 e. The fourth-order valence-electron chi connectivity index (χ4n) is 3.78. The third-order valence-corrected chi connectivity index (χ3v) is 5.11. The first-order valence-corrected chi connectivity index (χ1v) is 10.9. The lowest BCUT2D eigenvalue weighted by atomic mass is 9.97. The molecule has 28 heavy (non-hydrogen) atoms. The van der Waals surface area contributed by atoms with Crippen LogP contribution in [0.2, 0.25) is 0 Å². The van der Waals surface area contributed by atoms with Crippen LogP contribution in [0, 0.1) is 0 Å². The fourth-order valence-corrected chi connectivity index (χ4v) is 3.78. The van der Waals surface area contributed by atoms with Crippen molar-refractivity contribution in [3.05, 3.63) is 65.7 Å². The number of carbonyl (C=O) groups excluding carboxylic acids is 1. The lowest BCUT2D eigenvalue weighted by Gasteiger charge is -2.22. The van der Waals surface area contributed by atoms with Crippen molar-refractivity contribution >= 4 is 11.6 Å². The number of nitrogens with one attached hydrogen (secondary N) is 1. The zero-order valence-electron chi connectivity index (χ0n) is 17.8. The molecule has 3 rings (SSSR count). The third-order valence-electron chi connectivity index (χ3n) is 5.11.